The highest BCUT2D eigenvalue weighted by Crippen LogP contribution is 2.18. The molecule has 0 aliphatic carbocycles. The summed E-state index contributed by atoms with van der Waals surface area (Å²) in [6.45, 7) is 1.84. The number of nitrogens with one attached hydrogen (secondary N) is 1. The third kappa shape index (κ3) is 5.27. The molecule has 1 amide bonds. The van der Waals surface area contributed by atoms with Crippen LogP contribution in [-0.4, -0.2) is 35.7 Å². The van der Waals surface area contributed by atoms with Crippen molar-refractivity contribution in [1.82, 2.24) is 14.9 Å². The van der Waals surface area contributed by atoms with E-state index in [-0.39, 0.29) is 5.91 Å². The van der Waals surface area contributed by atoms with Crippen molar-refractivity contribution in [2.75, 3.05) is 20.3 Å². The molecular weight excluding hydrogens is 402 g/mol. The Morgan fingerprint density at radius 1 is 0.969 bits per heavy atom. The molecule has 0 unspecified atom stereocenters. The summed E-state index contributed by atoms with van der Waals surface area (Å²) in [6, 6.07) is 25.1. The van der Waals surface area contributed by atoms with E-state index in [0.29, 0.717) is 31.0 Å². The van der Waals surface area contributed by atoms with Crippen LogP contribution in [0.25, 0.3) is 11.0 Å². The minimum Gasteiger partial charge on any atom is -0.497 e. The number of nitrogens with zero attached hydrogens (tertiary/aromatic N) is 2. The summed E-state index contributed by atoms with van der Waals surface area (Å²) in [7, 11) is 1.59. The molecule has 0 saturated heterocycles. The van der Waals surface area contributed by atoms with Crippen LogP contribution >= 0.6 is 0 Å². The average Bonchev–Trinajstić information content (AvgIpc) is 3.20. The third-order valence-corrected chi connectivity index (χ3v) is 5.26. The number of imidazole rings is 1. The lowest BCUT2D eigenvalue weighted by molar-refractivity contribution is 0.0953. The van der Waals surface area contributed by atoms with Crippen LogP contribution < -0.4 is 14.8 Å². The number of carbonyl (C=O) groups excluding carboxylic acids is 1. The predicted octanol–water partition coefficient (Wildman–Crippen LogP) is 4.49. The molecule has 0 spiro atoms. The van der Waals surface area contributed by atoms with Crippen molar-refractivity contribution in [2.45, 2.75) is 19.4 Å². The van der Waals surface area contributed by atoms with E-state index in [1.807, 2.05) is 60.7 Å². The second-order valence-electron chi connectivity index (χ2n) is 7.42. The summed E-state index contributed by atoms with van der Waals surface area (Å²) in [5.41, 5.74) is 2.66. The van der Waals surface area contributed by atoms with Crippen LogP contribution in [0.2, 0.25) is 0 Å². The van der Waals surface area contributed by atoms with E-state index in [1.54, 1.807) is 19.2 Å². The minimum atomic E-state index is -0.103. The van der Waals surface area contributed by atoms with E-state index in [0.717, 1.165) is 35.4 Å². The first-order chi connectivity index (χ1) is 15.7. The molecule has 1 heterocycles. The average molecular weight is 430 g/mol. The molecule has 164 valence electrons. The number of para-hydroxylation sites is 3. The molecule has 6 nitrogen and oxygen atoms in total. The minimum absolute atomic E-state index is 0.103. The molecule has 0 radical (unpaired) electrons. The van der Waals surface area contributed by atoms with E-state index in [4.69, 9.17) is 14.5 Å². The number of amides is 1. The van der Waals surface area contributed by atoms with Crippen molar-refractivity contribution in [3.63, 3.8) is 0 Å². The summed E-state index contributed by atoms with van der Waals surface area (Å²) < 4.78 is 13.3. The maximum absolute atomic E-state index is 12.4. The van der Waals surface area contributed by atoms with Gasteiger partial charge in [-0.05, 0) is 48.9 Å². The maximum atomic E-state index is 12.4. The van der Waals surface area contributed by atoms with Crippen molar-refractivity contribution in [2.24, 2.45) is 0 Å². The number of ether oxygens (including phenoxy) is 2. The quantitative estimate of drug-likeness (QED) is 0.377. The van der Waals surface area contributed by atoms with Gasteiger partial charge in [0.2, 0.25) is 0 Å². The lowest BCUT2D eigenvalue weighted by Gasteiger charge is -2.11. The number of methoxy groups -OCH3 is 1. The number of carbonyl (C=O) groups is 1. The largest absolute Gasteiger partial charge is 0.497 e. The molecule has 0 atom stereocenters. The Bertz CT molecular complexity index is 1170. The van der Waals surface area contributed by atoms with Crippen LogP contribution in [0.3, 0.4) is 0 Å². The van der Waals surface area contributed by atoms with Crippen molar-refractivity contribution in [3.05, 3.63) is 90.3 Å². The normalized spacial score (nSPS) is 10.8. The van der Waals surface area contributed by atoms with E-state index in [1.165, 1.54) is 0 Å². The number of rotatable bonds is 10. The van der Waals surface area contributed by atoms with Gasteiger partial charge >= 0.3 is 0 Å². The second-order valence-corrected chi connectivity index (χ2v) is 7.42. The fourth-order valence-electron chi connectivity index (χ4n) is 3.65. The summed E-state index contributed by atoms with van der Waals surface area (Å²) in [5, 5.41) is 2.98. The third-order valence-electron chi connectivity index (χ3n) is 5.26. The summed E-state index contributed by atoms with van der Waals surface area (Å²) in [4.78, 5) is 17.2. The Morgan fingerprint density at radius 2 is 1.75 bits per heavy atom. The first-order valence-electron chi connectivity index (χ1n) is 10.8. The highest BCUT2D eigenvalue weighted by molar-refractivity contribution is 5.94. The van der Waals surface area contributed by atoms with Crippen molar-refractivity contribution >= 4 is 16.9 Å². The summed E-state index contributed by atoms with van der Waals surface area (Å²) in [6.07, 6.45) is 1.55. The zero-order valence-electron chi connectivity index (χ0n) is 18.2. The van der Waals surface area contributed by atoms with Crippen LogP contribution in [0.4, 0.5) is 0 Å². The van der Waals surface area contributed by atoms with E-state index >= 15 is 0 Å². The molecule has 0 aliphatic rings. The van der Waals surface area contributed by atoms with Crippen LogP contribution in [0.5, 0.6) is 11.5 Å². The Hall–Kier alpha value is -3.80. The topological polar surface area (TPSA) is 65.4 Å². The maximum Gasteiger partial charge on any atom is 0.251 e. The first kappa shape index (κ1) is 21.4. The van der Waals surface area contributed by atoms with Gasteiger partial charge in [0, 0.05) is 18.5 Å². The van der Waals surface area contributed by atoms with Crippen molar-refractivity contribution in [3.8, 4) is 11.5 Å². The van der Waals surface area contributed by atoms with E-state index in [9.17, 15) is 4.79 Å². The lowest BCUT2D eigenvalue weighted by atomic mass is 10.2. The molecule has 6 heteroatoms. The molecule has 32 heavy (non-hydrogen) atoms. The van der Waals surface area contributed by atoms with Gasteiger partial charge in [0.1, 0.15) is 23.9 Å². The molecule has 3 aromatic carbocycles. The van der Waals surface area contributed by atoms with Gasteiger partial charge in [0.15, 0.2) is 0 Å². The number of fused-ring (bicyclic) bond motifs is 1. The summed E-state index contributed by atoms with van der Waals surface area (Å²) >= 11 is 0. The Labute approximate surface area is 187 Å². The number of aromatic nitrogens is 2. The molecule has 0 aliphatic heterocycles. The Balaban J connectivity index is 1.35. The molecule has 1 N–H and O–H groups in total. The lowest BCUT2D eigenvalue weighted by Crippen LogP contribution is -2.25. The van der Waals surface area contributed by atoms with Gasteiger partial charge < -0.3 is 19.4 Å². The number of hydrogen-bond acceptors (Lipinski definition) is 4. The fourth-order valence-corrected chi connectivity index (χ4v) is 3.65. The molecule has 4 aromatic rings. The molecular formula is C26H27N3O3. The Morgan fingerprint density at radius 3 is 2.59 bits per heavy atom. The fraction of sp³-hybridized carbons (Fsp3) is 0.231. The van der Waals surface area contributed by atoms with Gasteiger partial charge in [-0.2, -0.15) is 0 Å². The number of hydrogen-bond donors (Lipinski definition) is 1. The summed E-state index contributed by atoms with van der Waals surface area (Å²) in [5.74, 6) is 2.43. The highest BCUT2D eigenvalue weighted by Gasteiger charge is 2.11. The van der Waals surface area contributed by atoms with Gasteiger partial charge in [-0.25, -0.2) is 4.98 Å². The zero-order valence-corrected chi connectivity index (χ0v) is 18.2. The highest BCUT2D eigenvalue weighted by atomic mass is 16.5. The monoisotopic (exact) mass is 429 g/mol. The van der Waals surface area contributed by atoms with E-state index in [2.05, 4.69) is 16.0 Å². The molecule has 0 bridgehead atoms. The SMILES string of the molecule is COc1cccc(C(=O)NCCCc2nc3ccccc3n2CCOc2ccccc2)c1. The molecule has 0 saturated carbocycles. The van der Waals surface area contributed by atoms with Crippen LogP contribution in [0.15, 0.2) is 78.9 Å². The van der Waals surface area contributed by atoms with Crippen molar-refractivity contribution < 1.29 is 14.3 Å². The smallest absolute Gasteiger partial charge is 0.251 e. The first-order valence-corrected chi connectivity index (χ1v) is 10.8. The van der Waals surface area contributed by atoms with Crippen LogP contribution in [0.1, 0.15) is 22.6 Å². The molecule has 1 aromatic heterocycles. The van der Waals surface area contributed by atoms with Gasteiger partial charge in [-0.15, -0.1) is 0 Å². The van der Waals surface area contributed by atoms with Gasteiger partial charge in [0.05, 0.1) is 24.7 Å². The van der Waals surface area contributed by atoms with Gasteiger partial charge in [0.25, 0.3) is 5.91 Å². The van der Waals surface area contributed by atoms with Gasteiger partial charge in [-0.3, -0.25) is 4.79 Å². The van der Waals surface area contributed by atoms with E-state index < -0.39 is 0 Å². The standard InChI is InChI=1S/C26H27N3O3/c1-31-22-12-7-9-20(19-22)26(30)27-16-8-15-25-28-23-13-5-6-14-24(23)29(25)17-18-32-21-10-3-2-4-11-21/h2-7,9-14,19H,8,15-18H2,1H3,(H,27,30). The zero-order chi connectivity index (χ0) is 22.2. The Kier molecular flexibility index (Phi) is 7.02. The van der Waals surface area contributed by atoms with Crippen LogP contribution in [-0.2, 0) is 13.0 Å². The number of benzene rings is 3. The number of aryl methyl sites for hydroxylation is 1. The van der Waals surface area contributed by atoms with Crippen LogP contribution in [0, 0.1) is 0 Å². The molecule has 0 fully saturated rings. The second kappa shape index (κ2) is 10.5. The molecule has 4 rings (SSSR count). The van der Waals surface area contributed by atoms with Gasteiger partial charge in [-0.1, -0.05) is 36.4 Å². The van der Waals surface area contributed by atoms with Crippen molar-refractivity contribution in [1.29, 1.82) is 0 Å². The predicted molar refractivity (Wildman–Crippen MR) is 125 cm³/mol.